The van der Waals surface area contributed by atoms with Gasteiger partial charge in [-0.05, 0) is 69.2 Å². The molecule has 15 nitrogen and oxygen atoms in total. The number of allylic oxidation sites excluding steroid dienone is 4. The van der Waals surface area contributed by atoms with E-state index in [0.717, 1.165) is 48.9 Å². The van der Waals surface area contributed by atoms with Crippen LogP contribution in [0.25, 0.3) is 0 Å². The van der Waals surface area contributed by atoms with Gasteiger partial charge in [-0.25, -0.2) is 0 Å². The molecule has 0 aliphatic heterocycles. The minimum absolute atomic E-state index is 0.000000000000000222. The molecule has 0 aromatic heterocycles. The fraction of sp³-hybridized carbons (Fsp3) is 0.600. The first-order chi connectivity index (χ1) is 27.7. The number of hydrogen-bond acceptors (Lipinski definition) is 20. The lowest BCUT2D eigenvalue weighted by molar-refractivity contribution is -0.108. The maximum atomic E-state index is 11.1. The molecule has 0 radical (unpaired) electrons. The van der Waals surface area contributed by atoms with Crippen molar-refractivity contribution in [3.63, 3.8) is 0 Å². The van der Waals surface area contributed by atoms with Gasteiger partial charge in [0.05, 0.1) is 75.8 Å². The summed E-state index contributed by atoms with van der Waals surface area (Å²) in [5, 5.41) is 16.2. The fourth-order valence-corrected chi connectivity index (χ4v) is 5.08. The van der Waals surface area contributed by atoms with E-state index in [1.165, 1.54) is 65.3 Å². The number of thioether (sulfide) groups is 4. The SMILES string of the molecule is C/C=C/C(=O)SCCOCCSC(=O)/C=C/C.C=C(N)SCCOCCSC(=C)N.CC=CC(=O)Cl.CCCOS(C)(=O)=O.NC(N)=S.OCCO.SCCOCCS. The van der Waals surface area contributed by atoms with Gasteiger partial charge in [0.25, 0.3) is 10.1 Å². The zero-order valence-corrected chi connectivity index (χ0v) is 42.2. The normalized spacial score (nSPS) is 10.1. The molecule has 10 N–H and O–H groups in total. The van der Waals surface area contributed by atoms with Crippen LogP contribution in [0, 0.1) is 0 Å². The van der Waals surface area contributed by atoms with Crippen LogP contribution in [0.4, 0.5) is 0 Å². The Kier molecular flexibility index (Phi) is 78.4. The van der Waals surface area contributed by atoms with Crippen molar-refractivity contribution in [3.8, 4) is 0 Å². The minimum Gasteiger partial charge on any atom is -0.394 e. The molecular weight excluding hydrogens is 944 g/mol. The summed E-state index contributed by atoms with van der Waals surface area (Å²) in [5.74, 6) is 4.60. The molecule has 0 saturated carbocycles. The largest absolute Gasteiger partial charge is 0.394 e. The van der Waals surface area contributed by atoms with Crippen LogP contribution in [0.1, 0.15) is 34.1 Å². The molecule has 0 aliphatic carbocycles. The van der Waals surface area contributed by atoms with Crippen LogP contribution in [0.3, 0.4) is 0 Å². The van der Waals surface area contributed by atoms with Crippen LogP contribution in [0.15, 0.2) is 59.7 Å². The Morgan fingerprint density at radius 2 is 0.983 bits per heavy atom. The number of carbonyl (C=O) groups excluding carboxylic acids is 3. The zero-order chi connectivity index (χ0) is 47.2. The third kappa shape index (κ3) is 119. The number of halogens is 1. The lowest BCUT2D eigenvalue weighted by atomic mass is 10.5. The number of nitrogens with two attached hydrogens (primary N) is 4. The van der Waals surface area contributed by atoms with Crippen molar-refractivity contribution < 1.29 is 51.4 Å². The van der Waals surface area contributed by atoms with Gasteiger partial charge in [-0.2, -0.15) is 33.7 Å². The molecule has 0 aliphatic rings. The first-order valence-electron chi connectivity index (χ1n) is 17.3. The minimum atomic E-state index is -3.19. The van der Waals surface area contributed by atoms with E-state index in [-0.39, 0.29) is 28.6 Å². The van der Waals surface area contributed by atoms with Gasteiger partial charge in [0.15, 0.2) is 5.11 Å². The van der Waals surface area contributed by atoms with E-state index >= 15 is 0 Å². The molecule has 0 bridgehead atoms. The smallest absolute Gasteiger partial charge is 0.264 e. The van der Waals surface area contributed by atoms with E-state index in [1.807, 2.05) is 20.8 Å². The van der Waals surface area contributed by atoms with Gasteiger partial charge in [0.1, 0.15) is 0 Å². The van der Waals surface area contributed by atoms with Crippen LogP contribution in [-0.4, -0.2) is 139 Å². The Morgan fingerprint density at radius 1 is 0.678 bits per heavy atom. The number of thiol groups is 2. The molecule has 59 heavy (non-hydrogen) atoms. The van der Waals surface area contributed by atoms with Crippen LogP contribution >= 0.6 is 96.1 Å². The van der Waals surface area contributed by atoms with Gasteiger partial charge in [-0.15, -0.1) is 23.5 Å². The fourth-order valence-electron chi connectivity index (χ4n) is 2.04. The average molecular weight is 1010 g/mol. The van der Waals surface area contributed by atoms with Crippen molar-refractivity contribution in [3.05, 3.63) is 59.7 Å². The number of thiocarbonyl (C=S) groups is 1. The highest BCUT2D eigenvalue weighted by molar-refractivity contribution is 8.14. The molecule has 0 saturated heterocycles. The van der Waals surface area contributed by atoms with Gasteiger partial charge < -0.3 is 47.4 Å². The van der Waals surface area contributed by atoms with Crippen LogP contribution in [0.5, 0.6) is 0 Å². The molecule has 0 aromatic rings. The molecule has 0 unspecified atom stereocenters. The summed E-state index contributed by atoms with van der Waals surface area (Å²) in [5.41, 5.74) is 19.9. The highest BCUT2D eigenvalue weighted by Gasteiger charge is 1.99. The Morgan fingerprint density at radius 3 is 1.17 bits per heavy atom. The molecule has 0 spiro atoms. The van der Waals surface area contributed by atoms with E-state index in [0.29, 0.717) is 54.6 Å². The number of hydrogen-bond donors (Lipinski definition) is 8. The van der Waals surface area contributed by atoms with Crippen LogP contribution in [-0.2, 0) is 42.9 Å². The number of carbonyl (C=O) groups is 3. The molecule has 0 rings (SSSR count). The molecule has 350 valence electrons. The van der Waals surface area contributed by atoms with Crippen molar-refractivity contribution in [1.82, 2.24) is 0 Å². The summed E-state index contributed by atoms with van der Waals surface area (Å²) in [7, 11) is -3.19. The van der Waals surface area contributed by atoms with Crippen molar-refractivity contribution in [2.45, 2.75) is 34.1 Å². The van der Waals surface area contributed by atoms with Crippen molar-refractivity contribution >= 4 is 127 Å². The standard InChI is InChI=1S/C12H18O3S2.C8H16N2OS2.C4H5ClO.C4H10O3S.C4H10OS2.C2H6O2.CH4N2S/c1-3-5-11(13)16-9-7-15-8-10-17-12(14)6-4-2;1-7(9)12-5-3-11-4-6-13-8(2)10;1-2-3-4(5)6;1-3-4-7-8(2,5)6;6-3-1-5-2-4-7;3-1-2-4;2-1(3)4/h3-6H,7-10H2,1-2H3;1-6,9-10H2;2-3H,1H3;3-4H2,1-2H3;6-7H,1-4H2;3-4H,1-2H2;(H4,2,3,4)/b5-3+,6-4+;;;;;;. The van der Waals surface area contributed by atoms with Gasteiger partial charge in [-0.3, -0.25) is 18.6 Å². The second kappa shape index (κ2) is 63.7. The van der Waals surface area contributed by atoms with E-state index in [2.05, 4.69) is 66.3 Å². The first-order valence-corrected chi connectivity index (χ1v) is 25.1. The van der Waals surface area contributed by atoms with Crippen molar-refractivity contribution in [2.75, 3.05) is 100 Å². The summed E-state index contributed by atoms with van der Waals surface area (Å²) in [6, 6.07) is 0. The molecule has 0 atom stereocenters. The summed E-state index contributed by atoms with van der Waals surface area (Å²) in [6.45, 7) is 18.3. The first kappa shape index (κ1) is 72.5. The molecule has 0 fully saturated rings. The van der Waals surface area contributed by atoms with Crippen LogP contribution < -0.4 is 22.9 Å². The Balaban J connectivity index is -0.000000114. The topological polar surface area (TPSA) is 267 Å². The van der Waals surface area contributed by atoms with Gasteiger partial charge in [0, 0.05) is 34.5 Å². The lowest BCUT2D eigenvalue weighted by Crippen LogP contribution is -2.18. The average Bonchev–Trinajstić information content (AvgIpc) is 3.14. The maximum absolute atomic E-state index is 11.1. The number of ether oxygens (including phenoxy) is 3. The third-order valence-corrected chi connectivity index (χ3v) is 8.10. The number of rotatable bonds is 25. The second-order valence-electron chi connectivity index (χ2n) is 9.43. The maximum Gasteiger partial charge on any atom is 0.264 e. The molecule has 24 heteroatoms. The second-order valence-corrected chi connectivity index (χ2v) is 17.5. The predicted molar refractivity (Wildman–Crippen MR) is 268 cm³/mol. The highest BCUT2D eigenvalue weighted by atomic mass is 35.5. The number of aliphatic hydroxyl groups is 2. The Hall–Kier alpha value is -0.900. The highest BCUT2D eigenvalue weighted by Crippen LogP contribution is 2.08. The predicted octanol–water partition coefficient (Wildman–Crippen LogP) is 4.73. The van der Waals surface area contributed by atoms with E-state index in [4.69, 9.17) is 47.5 Å². The molecular formula is C35H69ClN4O11S8. The molecule has 0 aromatic carbocycles. The quantitative estimate of drug-likeness (QED) is 0.0153. The zero-order valence-electron chi connectivity index (χ0n) is 34.8. The summed E-state index contributed by atoms with van der Waals surface area (Å²) < 4.78 is 40.3. The molecule has 0 amide bonds. The lowest BCUT2D eigenvalue weighted by Gasteiger charge is -2.03. The Labute approximate surface area is 392 Å². The van der Waals surface area contributed by atoms with Gasteiger partial charge in [0.2, 0.25) is 15.5 Å². The van der Waals surface area contributed by atoms with E-state index < -0.39 is 15.4 Å². The molecule has 0 heterocycles. The summed E-state index contributed by atoms with van der Waals surface area (Å²) in [4.78, 5) is 31.8. The van der Waals surface area contributed by atoms with Crippen LogP contribution in [0.2, 0.25) is 0 Å². The summed E-state index contributed by atoms with van der Waals surface area (Å²) >= 11 is 22.3. The van der Waals surface area contributed by atoms with Crippen molar-refractivity contribution in [1.29, 1.82) is 0 Å². The van der Waals surface area contributed by atoms with Gasteiger partial charge >= 0.3 is 0 Å². The number of aliphatic hydroxyl groups excluding tert-OH is 2. The van der Waals surface area contributed by atoms with Gasteiger partial charge in [-0.1, -0.05) is 61.8 Å². The van der Waals surface area contributed by atoms with Crippen molar-refractivity contribution in [2.24, 2.45) is 22.9 Å². The summed E-state index contributed by atoms with van der Waals surface area (Å²) in [6.07, 6.45) is 11.2. The van der Waals surface area contributed by atoms with E-state index in [1.54, 1.807) is 25.2 Å². The third-order valence-electron chi connectivity index (χ3n) is 3.95. The monoisotopic (exact) mass is 1010 g/mol. The van der Waals surface area contributed by atoms with E-state index in [9.17, 15) is 22.8 Å². The Bertz CT molecular complexity index is 1150.